The highest BCUT2D eigenvalue weighted by molar-refractivity contribution is 6.07. The van der Waals surface area contributed by atoms with Crippen molar-refractivity contribution in [2.75, 3.05) is 131 Å². The first kappa shape index (κ1) is 76.9. The number of halogens is 2. The Bertz CT molecular complexity index is 3080. The highest BCUT2D eigenvalue weighted by Crippen LogP contribution is 2.32. The van der Waals surface area contributed by atoms with Gasteiger partial charge >= 0.3 is 17.9 Å². The number of hydrogen-bond donors (Lipinski definition) is 7. The summed E-state index contributed by atoms with van der Waals surface area (Å²) in [4.78, 5) is 138. The zero-order valence-corrected chi connectivity index (χ0v) is 56.0. The number of unbranched alkanes of at least 4 members (excludes halogenated alkanes) is 4. The number of nitrogens with zero attached hydrogens (tertiary/aromatic N) is 9. The molecular formula is C68H99F2N13O13. The monoisotopic (exact) mass is 1340 g/mol. The zero-order valence-electron chi connectivity index (χ0n) is 56.0. The van der Waals surface area contributed by atoms with Crippen molar-refractivity contribution in [3.05, 3.63) is 71.4 Å². The Morgan fingerprint density at radius 2 is 1.34 bits per heavy atom. The van der Waals surface area contributed by atoms with Crippen molar-refractivity contribution in [2.45, 2.75) is 135 Å². The molecule has 96 heavy (non-hydrogen) atoms. The van der Waals surface area contributed by atoms with E-state index in [0.717, 1.165) is 43.4 Å². The minimum absolute atomic E-state index is 0.0957. The number of ether oxygens (including phenoxy) is 1. The van der Waals surface area contributed by atoms with E-state index in [1.54, 1.807) is 44.7 Å². The molecule has 0 aliphatic carbocycles. The lowest BCUT2D eigenvalue weighted by atomic mass is 9.91. The highest BCUT2D eigenvalue weighted by atomic mass is 19.3. The topological polar surface area (TPSA) is 329 Å². The number of benzene rings is 2. The molecule has 3 aliphatic heterocycles. The molecule has 6 amide bonds. The second-order valence-electron chi connectivity index (χ2n) is 25.3. The van der Waals surface area contributed by atoms with E-state index in [2.05, 4.69) is 48.4 Å². The summed E-state index contributed by atoms with van der Waals surface area (Å²) < 4.78 is 34.4. The number of aromatic nitrogens is 1. The fraction of sp³-hybridized carbons (Fsp3) is 0.618. The molecule has 7 N–H and O–H groups in total. The molecule has 2 atom stereocenters. The number of aryl methyl sites for hydroxylation is 2. The predicted octanol–water partition coefficient (Wildman–Crippen LogP) is 4.36. The summed E-state index contributed by atoms with van der Waals surface area (Å²) in [6, 6.07) is 13.2. The molecule has 2 aromatic carbocycles. The molecule has 3 fully saturated rings. The predicted molar refractivity (Wildman–Crippen MR) is 358 cm³/mol. The van der Waals surface area contributed by atoms with Crippen LogP contribution in [0.3, 0.4) is 0 Å². The third-order valence-electron chi connectivity index (χ3n) is 17.5. The van der Waals surface area contributed by atoms with Crippen molar-refractivity contribution in [3.8, 4) is 5.75 Å². The van der Waals surface area contributed by atoms with Crippen LogP contribution < -0.4 is 26.0 Å². The van der Waals surface area contributed by atoms with Gasteiger partial charge in [0.1, 0.15) is 11.8 Å². The van der Waals surface area contributed by atoms with Gasteiger partial charge in [0.2, 0.25) is 29.5 Å². The normalized spacial score (nSPS) is 17.7. The number of likely N-dealkylation sites (tertiary alicyclic amines) is 2. The molecular weight excluding hydrogens is 1240 g/mol. The third-order valence-corrected chi connectivity index (χ3v) is 17.5. The van der Waals surface area contributed by atoms with Crippen LogP contribution in [0, 0.1) is 12.8 Å². The van der Waals surface area contributed by atoms with E-state index < -0.39 is 73.1 Å². The van der Waals surface area contributed by atoms with Crippen molar-refractivity contribution in [3.63, 3.8) is 0 Å². The fourth-order valence-corrected chi connectivity index (χ4v) is 12.2. The maximum Gasteiger partial charge on any atom is 0.317 e. The van der Waals surface area contributed by atoms with E-state index >= 15 is 0 Å². The largest absolute Gasteiger partial charge is 0.494 e. The number of aliphatic carboxylic acids is 3. The number of alkyl halides is 2. The second kappa shape index (κ2) is 40.5. The zero-order chi connectivity index (χ0) is 69.4. The molecule has 1 aromatic heterocycles. The summed E-state index contributed by atoms with van der Waals surface area (Å²) >= 11 is 0. The molecule has 0 saturated carbocycles. The molecule has 0 radical (unpaired) electrons. The van der Waals surface area contributed by atoms with Crippen molar-refractivity contribution < 1.29 is 72.0 Å². The van der Waals surface area contributed by atoms with Crippen molar-refractivity contribution in [1.29, 1.82) is 0 Å². The minimum atomic E-state index is -3.04. The Morgan fingerprint density at radius 3 is 1.97 bits per heavy atom. The quantitative estimate of drug-likeness (QED) is 0.0244. The van der Waals surface area contributed by atoms with Gasteiger partial charge in [0, 0.05) is 123 Å². The number of fused-ring (bicyclic) bond motifs is 1. The van der Waals surface area contributed by atoms with Gasteiger partial charge in [0.05, 0.1) is 68.8 Å². The standard InChI is InChI=1S/C68H99F2N13O13/c1-49-17-19-51(20-18-49)13-11-15-59(84)76-50(2)72-26-9-6-14-58(77-60(85)44-78-31-33-79(45-63(88)89)35-37-81(47-65(92)93)38-36-80(34-32-78)46-64(90)91)67(95)74-27-8-4-5-16-61(86)82-29-24-52(25-30-82)12-7-10-39-96-54-21-22-57-56(40-54)55(23-28-73-57)66(94)75-43-62(87)83-48-68(69,70)41-53(83)42-71-3/h17-23,28,40,42,52-53,58H,4-16,24-27,29-39,41,43-48H2,1-3H3,(H,74,95)(H,75,94)(H,77,85)(H,88,89)(H,90,91)(H,92,93)(H,72,76,84)/t53-,58+/m1/s1. The van der Waals surface area contributed by atoms with Crippen molar-refractivity contribution in [2.24, 2.45) is 15.9 Å². The number of carboxylic acid groups (broad SMARTS) is 3. The number of carboxylic acids is 3. The Hall–Kier alpha value is -8.08. The average Bonchev–Trinajstić information content (AvgIpc) is 1.50. The summed E-state index contributed by atoms with van der Waals surface area (Å²) in [6.45, 7) is 5.72. The second-order valence-corrected chi connectivity index (χ2v) is 25.3. The number of nitrogens with one attached hydrogen (secondary N) is 4. The minimum Gasteiger partial charge on any atom is -0.494 e. The van der Waals surface area contributed by atoms with E-state index in [0.29, 0.717) is 113 Å². The van der Waals surface area contributed by atoms with Gasteiger partial charge in [-0.15, -0.1) is 0 Å². The molecule has 3 saturated heterocycles. The Kier molecular flexibility index (Phi) is 32.4. The number of amides is 6. The van der Waals surface area contributed by atoms with Crippen LogP contribution in [0.4, 0.5) is 8.78 Å². The van der Waals surface area contributed by atoms with Crippen LogP contribution in [-0.4, -0.2) is 265 Å². The molecule has 4 heterocycles. The first-order valence-corrected chi connectivity index (χ1v) is 33.7. The SMILES string of the molecule is CN=C[C@H]1CC(F)(F)CN1C(=O)CNC(=O)c1ccnc2ccc(OCCCCC3CCN(C(=O)CCCCCNC(=O)[C@H](CCCCN=C(C)NC(=O)CCCc4ccc(C)cc4)NC(=O)CN4CCN(CC(=O)O)CCN(CC(=O)O)CCN(CC(=O)O)CC4)CC3)cc12. The van der Waals surface area contributed by atoms with Crippen LogP contribution in [0.2, 0.25) is 0 Å². The van der Waals surface area contributed by atoms with Gasteiger partial charge in [-0.1, -0.05) is 42.7 Å². The molecule has 0 spiro atoms. The Morgan fingerprint density at radius 1 is 0.708 bits per heavy atom. The van der Waals surface area contributed by atoms with E-state index in [9.17, 15) is 67.3 Å². The first-order valence-electron chi connectivity index (χ1n) is 33.7. The van der Waals surface area contributed by atoms with Crippen LogP contribution in [0.5, 0.6) is 5.75 Å². The van der Waals surface area contributed by atoms with Crippen molar-refractivity contribution in [1.82, 2.24) is 55.7 Å². The van der Waals surface area contributed by atoms with Crippen LogP contribution >= 0.6 is 0 Å². The maximum atomic E-state index is 14.1. The molecule has 3 aliphatic rings. The Labute approximate surface area is 561 Å². The number of piperidine rings is 1. The Balaban J connectivity index is 0.920. The molecule has 28 heteroatoms. The third kappa shape index (κ3) is 28.3. The van der Waals surface area contributed by atoms with Gasteiger partial charge in [0.25, 0.3) is 11.8 Å². The van der Waals surface area contributed by atoms with E-state index in [1.165, 1.54) is 36.7 Å². The van der Waals surface area contributed by atoms with E-state index in [-0.39, 0.29) is 108 Å². The number of carbonyl (C=O) groups is 9. The highest BCUT2D eigenvalue weighted by Gasteiger charge is 2.46. The summed E-state index contributed by atoms with van der Waals surface area (Å²) in [5.74, 6) is -6.80. The van der Waals surface area contributed by atoms with Crippen LogP contribution in [0.15, 0.2) is 64.7 Å². The van der Waals surface area contributed by atoms with Crippen molar-refractivity contribution >= 4 is 76.3 Å². The van der Waals surface area contributed by atoms with Gasteiger partial charge < -0.3 is 51.1 Å². The fourth-order valence-electron chi connectivity index (χ4n) is 12.2. The maximum absolute atomic E-state index is 14.1. The van der Waals surface area contributed by atoms with E-state index in [1.807, 2.05) is 24.0 Å². The molecule has 6 rings (SSSR count). The molecule has 26 nitrogen and oxygen atoms in total. The smallest absolute Gasteiger partial charge is 0.317 e. The summed E-state index contributed by atoms with van der Waals surface area (Å²) in [7, 11) is 1.45. The van der Waals surface area contributed by atoms with Gasteiger partial charge in [-0.3, -0.25) is 77.7 Å². The lowest BCUT2D eigenvalue weighted by Gasteiger charge is -2.33. The van der Waals surface area contributed by atoms with E-state index in [4.69, 9.17) is 4.74 Å². The number of hydrogen-bond acceptors (Lipinski definition) is 17. The molecule has 0 bridgehead atoms. The van der Waals surface area contributed by atoms with Gasteiger partial charge in [0.15, 0.2) is 0 Å². The van der Waals surface area contributed by atoms with Gasteiger partial charge in [-0.25, -0.2) is 8.78 Å². The number of aliphatic imine (C=N–C) groups is 2. The average molecular weight is 1340 g/mol. The van der Waals surface area contributed by atoms with Crippen LogP contribution in [0.1, 0.15) is 125 Å². The summed E-state index contributed by atoms with van der Waals surface area (Å²) in [5, 5.41) is 40.8. The molecule has 3 aromatic rings. The van der Waals surface area contributed by atoms with Gasteiger partial charge in [-0.05, 0) is 120 Å². The van der Waals surface area contributed by atoms with Gasteiger partial charge in [-0.2, -0.15) is 0 Å². The molecule has 528 valence electrons. The lowest BCUT2D eigenvalue weighted by molar-refractivity contribution is -0.140. The first-order chi connectivity index (χ1) is 46.0. The number of pyridine rings is 1. The summed E-state index contributed by atoms with van der Waals surface area (Å²) in [6.07, 6.45) is 12.2. The number of carbonyl (C=O) groups excluding carboxylic acids is 6. The number of amidine groups is 1. The van der Waals surface area contributed by atoms with Crippen LogP contribution in [0.25, 0.3) is 10.9 Å². The lowest BCUT2D eigenvalue weighted by Crippen LogP contribution is -2.52. The summed E-state index contributed by atoms with van der Waals surface area (Å²) in [5.41, 5.74) is 3.15. The van der Waals surface area contributed by atoms with Crippen LogP contribution in [-0.2, 0) is 44.8 Å². The molecule has 0 unspecified atom stereocenters. The number of rotatable bonds is 35.